The molecule has 3 atom stereocenters. The third kappa shape index (κ3) is 5.92. The fourth-order valence-corrected chi connectivity index (χ4v) is 7.01. The molecule has 3 aromatic rings. The molecule has 44 heavy (non-hydrogen) atoms. The summed E-state index contributed by atoms with van der Waals surface area (Å²) in [6.07, 6.45) is 2.37. The molecule has 0 spiro atoms. The van der Waals surface area contributed by atoms with E-state index in [0.717, 1.165) is 43.0 Å². The fourth-order valence-electron chi connectivity index (χ4n) is 7.01. The zero-order valence-electron chi connectivity index (χ0n) is 26.1. The van der Waals surface area contributed by atoms with Crippen LogP contribution in [0, 0.1) is 18.3 Å². The standard InChI is InChI=1S/C34H43N7O3/c1-23-8-5-9-25-10-6-12-30(31(23)25)39-17-14-28-29(21-39)36-34(44-22-27-11-7-16-38(27)3)37-32(28)40-18-19-41(26(20-40)13-15-35)33(42)24(2)43-4/h5-6,8-10,12,26-27,33,42H,2,7,11,13-14,16-22H2,1,3-4H3/t26-,27-,33?/m0/s1. The predicted octanol–water partition coefficient (Wildman–Crippen LogP) is 3.86. The number of aryl methyl sites for hydroxylation is 1. The average molecular weight is 598 g/mol. The second-order valence-electron chi connectivity index (χ2n) is 12.2. The Morgan fingerprint density at radius 1 is 1.11 bits per heavy atom. The lowest BCUT2D eigenvalue weighted by atomic mass is 9.99. The van der Waals surface area contributed by atoms with Gasteiger partial charge in [0.25, 0.3) is 0 Å². The number of likely N-dealkylation sites (N-methyl/N-ethyl adjacent to an activating group) is 1. The second-order valence-corrected chi connectivity index (χ2v) is 12.2. The van der Waals surface area contributed by atoms with Crippen LogP contribution in [0.3, 0.4) is 0 Å². The lowest BCUT2D eigenvalue weighted by Gasteiger charge is -2.44. The Morgan fingerprint density at radius 3 is 2.68 bits per heavy atom. The monoisotopic (exact) mass is 597 g/mol. The van der Waals surface area contributed by atoms with E-state index in [2.05, 4.69) is 77.7 Å². The van der Waals surface area contributed by atoms with Crippen LogP contribution >= 0.6 is 0 Å². The first kappa shape index (κ1) is 30.1. The first-order chi connectivity index (χ1) is 21.4. The molecule has 2 aromatic carbocycles. The molecule has 2 saturated heterocycles. The van der Waals surface area contributed by atoms with E-state index in [9.17, 15) is 10.4 Å². The summed E-state index contributed by atoms with van der Waals surface area (Å²) in [5.41, 5.74) is 4.59. The lowest BCUT2D eigenvalue weighted by Crippen LogP contribution is -2.57. The molecule has 4 heterocycles. The van der Waals surface area contributed by atoms with Gasteiger partial charge in [-0.25, -0.2) is 0 Å². The van der Waals surface area contributed by atoms with Gasteiger partial charge in [-0.1, -0.05) is 36.9 Å². The molecule has 10 heteroatoms. The van der Waals surface area contributed by atoms with Gasteiger partial charge in [0.1, 0.15) is 18.2 Å². The van der Waals surface area contributed by atoms with Gasteiger partial charge in [0.2, 0.25) is 0 Å². The van der Waals surface area contributed by atoms with Gasteiger partial charge in [0.05, 0.1) is 31.8 Å². The van der Waals surface area contributed by atoms with Crippen molar-refractivity contribution in [3.05, 3.63) is 65.6 Å². The number of aliphatic hydroxyl groups is 1. The minimum atomic E-state index is -0.972. The van der Waals surface area contributed by atoms with Crippen LogP contribution in [0.15, 0.2) is 48.7 Å². The Morgan fingerprint density at radius 2 is 1.93 bits per heavy atom. The highest BCUT2D eigenvalue weighted by Crippen LogP contribution is 2.36. The van der Waals surface area contributed by atoms with Gasteiger partial charge in [0.15, 0.2) is 6.23 Å². The van der Waals surface area contributed by atoms with Crippen molar-refractivity contribution >= 4 is 22.3 Å². The third-order valence-corrected chi connectivity index (χ3v) is 9.55. The van der Waals surface area contributed by atoms with Crippen molar-refractivity contribution in [2.24, 2.45) is 0 Å². The Hall–Kier alpha value is -3.91. The number of ether oxygens (including phenoxy) is 2. The molecule has 0 amide bonds. The number of hydrogen-bond donors (Lipinski definition) is 1. The molecule has 2 fully saturated rings. The van der Waals surface area contributed by atoms with Crippen molar-refractivity contribution in [3.8, 4) is 12.1 Å². The molecule has 6 rings (SSSR count). The second kappa shape index (κ2) is 13.0. The summed E-state index contributed by atoms with van der Waals surface area (Å²) < 4.78 is 11.6. The Balaban J connectivity index is 1.33. The van der Waals surface area contributed by atoms with Crippen molar-refractivity contribution in [2.75, 3.05) is 63.3 Å². The van der Waals surface area contributed by atoms with Crippen LogP contribution in [0.4, 0.5) is 11.5 Å². The predicted molar refractivity (Wildman–Crippen MR) is 172 cm³/mol. The highest BCUT2D eigenvalue weighted by Gasteiger charge is 2.36. The van der Waals surface area contributed by atoms with Crippen LogP contribution in [0.5, 0.6) is 6.01 Å². The molecule has 1 unspecified atom stereocenters. The van der Waals surface area contributed by atoms with Crippen LogP contribution < -0.4 is 14.5 Å². The number of piperazine rings is 1. The van der Waals surface area contributed by atoms with Crippen LogP contribution in [0.25, 0.3) is 10.8 Å². The van der Waals surface area contributed by atoms with Gasteiger partial charge < -0.3 is 29.3 Å². The number of nitrogens with zero attached hydrogens (tertiary/aromatic N) is 7. The number of fused-ring (bicyclic) bond motifs is 2. The van der Waals surface area contributed by atoms with E-state index in [1.807, 2.05) is 4.90 Å². The largest absolute Gasteiger partial charge is 0.497 e. The molecule has 232 valence electrons. The Kier molecular flexibility index (Phi) is 8.89. The third-order valence-electron chi connectivity index (χ3n) is 9.55. The number of nitriles is 1. The maximum atomic E-state index is 10.9. The SMILES string of the molecule is C=C(OC)C(O)N1CCN(c2nc(OC[C@@H]3CCCN3C)nc3c2CCN(c2cccc4cccc(C)c24)C3)C[C@@H]1CC#N. The first-order valence-corrected chi connectivity index (χ1v) is 15.6. The maximum Gasteiger partial charge on any atom is 0.318 e. The lowest BCUT2D eigenvalue weighted by molar-refractivity contribution is -0.0336. The number of aromatic nitrogens is 2. The number of aliphatic hydroxyl groups excluding tert-OH is 1. The van der Waals surface area contributed by atoms with Crippen LogP contribution in [-0.4, -0.2) is 96.7 Å². The smallest absolute Gasteiger partial charge is 0.318 e. The molecule has 0 saturated carbocycles. The molecule has 3 aliphatic rings. The normalized spacial score (nSPS) is 21.6. The maximum absolute atomic E-state index is 10.9. The number of rotatable bonds is 9. The highest BCUT2D eigenvalue weighted by molar-refractivity contribution is 5.97. The van der Waals surface area contributed by atoms with Crippen molar-refractivity contribution in [2.45, 2.75) is 57.5 Å². The Labute approximate surface area is 260 Å². The molecule has 10 nitrogen and oxygen atoms in total. The molecule has 0 radical (unpaired) electrons. The van der Waals surface area contributed by atoms with Gasteiger partial charge in [-0.3, -0.25) is 4.90 Å². The fraction of sp³-hybridized carbons (Fsp3) is 0.500. The number of likely N-dealkylation sites (tertiary alicyclic amines) is 1. The minimum Gasteiger partial charge on any atom is -0.497 e. The van der Waals surface area contributed by atoms with E-state index in [1.165, 1.54) is 35.6 Å². The van der Waals surface area contributed by atoms with E-state index in [0.29, 0.717) is 44.8 Å². The van der Waals surface area contributed by atoms with E-state index < -0.39 is 6.23 Å². The molecular weight excluding hydrogens is 554 g/mol. The summed E-state index contributed by atoms with van der Waals surface area (Å²) in [7, 11) is 3.65. The summed E-state index contributed by atoms with van der Waals surface area (Å²) in [5.74, 6) is 1.15. The van der Waals surface area contributed by atoms with Gasteiger partial charge in [-0.15, -0.1) is 0 Å². The van der Waals surface area contributed by atoms with Crippen LogP contribution in [-0.2, 0) is 17.7 Å². The van der Waals surface area contributed by atoms with E-state index >= 15 is 0 Å². The quantitative estimate of drug-likeness (QED) is 0.366. The molecule has 1 aromatic heterocycles. The van der Waals surface area contributed by atoms with Crippen molar-refractivity contribution in [1.29, 1.82) is 5.26 Å². The van der Waals surface area contributed by atoms with Crippen LogP contribution in [0.2, 0.25) is 0 Å². The topological polar surface area (TPSA) is 101 Å². The highest BCUT2D eigenvalue weighted by atomic mass is 16.5. The van der Waals surface area contributed by atoms with E-state index in [1.54, 1.807) is 0 Å². The zero-order valence-corrected chi connectivity index (χ0v) is 26.1. The number of benzene rings is 2. The van der Waals surface area contributed by atoms with Crippen molar-refractivity contribution in [3.63, 3.8) is 0 Å². The van der Waals surface area contributed by atoms with E-state index in [4.69, 9.17) is 19.4 Å². The van der Waals surface area contributed by atoms with Crippen molar-refractivity contribution in [1.82, 2.24) is 19.8 Å². The molecule has 0 bridgehead atoms. The van der Waals surface area contributed by atoms with Gasteiger partial charge in [-0.05, 0) is 56.8 Å². The minimum absolute atomic E-state index is 0.212. The van der Waals surface area contributed by atoms with E-state index in [-0.39, 0.29) is 18.2 Å². The summed E-state index contributed by atoms with van der Waals surface area (Å²) >= 11 is 0. The summed E-state index contributed by atoms with van der Waals surface area (Å²) in [4.78, 5) is 18.9. The Bertz CT molecular complexity index is 1550. The number of anilines is 2. The van der Waals surface area contributed by atoms with Gasteiger partial charge >= 0.3 is 6.01 Å². The van der Waals surface area contributed by atoms with Crippen LogP contribution in [0.1, 0.15) is 36.1 Å². The summed E-state index contributed by atoms with van der Waals surface area (Å²) in [6, 6.07) is 15.8. The summed E-state index contributed by atoms with van der Waals surface area (Å²) in [5, 5.41) is 23.0. The molecule has 1 N–H and O–H groups in total. The molecule has 3 aliphatic heterocycles. The van der Waals surface area contributed by atoms with Crippen molar-refractivity contribution < 1.29 is 14.6 Å². The van der Waals surface area contributed by atoms with Gasteiger partial charge in [-0.2, -0.15) is 15.2 Å². The average Bonchev–Trinajstić information content (AvgIpc) is 3.46. The first-order valence-electron chi connectivity index (χ1n) is 15.6. The number of methoxy groups -OCH3 is 1. The van der Waals surface area contributed by atoms with Gasteiger partial charge in [0, 0.05) is 54.9 Å². The zero-order chi connectivity index (χ0) is 30.8. The summed E-state index contributed by atoms with van der Waals surface area (Å²) in [6.45, 7) is 10.9. The number of hydrogen-bond acceptors (Lipinski definition) is 10. The molecular formula is C34H43N7O3. The molecule has 0 aliphatic carbocycles.